The Morgan fingerprint density at radius 1 is 1.12 bits per heavy atom. The zero-order chi connectivity index (χ0) is 23.1. The zero-order valence-electron chi connectivity index (χ0n) is 18.4. The summed E-state index contributed by atoms with van der Waals surface area (Å²) in [4.78, 5) is 25.4. The third kappa shape index (κ3) is 4.11. The van der Waals surface area contributed by atoms with Gasteiger partial charge in [-0.05, 0) is 36.2 Å². The van der Waals surface area contributed by atoms with Gasteiger partial charge in [-0.15, -0.1) is 11.3 Å². The first-order chi connectivity index (χ1) is 16.6. The summed E-state index contributed by atoms with van der Waals surface area (Å²) in [5.74, 6) is 0.555. The summed E-state index contributed by atoms with van der Waals surface area (Å²) >= 11 is 7.42. The van der Waals surface area contributed by atoms with Crippen LogP contribution in [0.3, 0.4) is 0 Å². The second-order valence-corrected chi connectivity index (χ2v) is 10.5. The van der Waals surface area contributed by atoms with Crippen molar-refractivity contribution in [3.8, 4) is 22.0 Å². The van der Waals surface area contributed by atoms with E-state index in [9.17, 15) is 4.79 Å². The van der Waals surface area contributed by atoms with Crippen molar-refractivity contribution >= 4 is 33.2 Å². The maximum absolute atomic E-state index is 13.1. The summed E-state index contributed by atoms with van der Waals surface area (Å²) in [5, 5.41) is 0.679. The van der Waals surface area contributed by atoms with Gasteiger partial charge in [-0.2, -0.15) is 0 Å². The lowest BCUT2D eigenvalue weighted by molar-refractivity contribution is -0.189. The zero-order valence-corrected chi connectivity index (χ0v) is 20.0. The van der Waals surface area contributed by atoms with Gasteiger partial charge in [0.05, 0.1) is 37.2 Å². The van der Waals surface area contributed by atoms with Crippen molar-refractivity contribution in [2.75, 3.05) is 39.5 Å². The van der Waals surface area contributed by atoms with Crippen LogP contribution in [0, 0.1) is 5.41 Å². The van der Waals surface area contributed by atoms with Gasteiger partial charge in [0.1, 0.15) is 11.0 Å². The van der Waals surface area contributed by atoms with Crippen molar-refractivity contribution in [2.45, 2.75) is 6.42 Å². The van der Waals surface area contributed by atoms with Gasteiger partial charge in [-0.25, -0.2) is 9.97 Å². The number of hydrogen-bond donors (Lipinski definition) is 0. The van der Waals surface area contributed by atoms with E-state index in [1.807, 2.05) is 36.4 Å². The lowest BCUT2D eigenvalue weighted by Gasteiger charge is -2.55. The molecule has 2 saturated heterocycles. The highest BCUT2D eigenvalue weighted by Gasteiger charge is 2.48. The average molecular weight is 495 g/mol. The fraction of sp³-hybridized carbons (Fsp3) is 0.320. The topological polar surface area (TPSA) is 69.5 Å². The van der Waals surface area contributed by atoms with E-state index in [1.165, 1.54) is 15.9 Å². The molecule has 3 aromatic heterocycles. The molecule has 174 valence electrons. The molecule has 2 aliphatic heterocycles. The maximum atomic E-state index is 13.1. The molecule has 0 bridgehead atoms. The van der Waals surface area contributed by atoms with Gasteiger partial charge in [-0.1, -0.05) is 23.7 Å². The predicted molar refractivity (Wildman–Crippen MR) is 133 cm³/mol. The number of hydrogen-bond acceptors (Lipinski definition) is 7. The molecule has 34 heavy (non-hydrogen) atoms. The average Bonchev–Trinajstić information content (AvgIpc) is 3.23. The van der Waals surface area contributed by atoms with Gasteiger partial charge in [0, 0.05) is 41.0 Å². The number of ether oxygens (including phenoxy) is 2. The SMILES string of the molecule is O=c1c2sc(-c3ccc(Cl)cc3)cc2ncn1-c1ccc(OCCCN2CC3(COC3)C2)nc1. The normalized spacial score (nSPS) is 17.0. The van der Waals surface area contributed by atoms with Crippen LogP contribution >= 0.6 is 22.9 Å². The number of nitrogens with zero attached hydrogens (tertiary/aromatic N) is 4. The molecule has 0 saturated carbocycles. The minimum absolute atomic E-state index is 0.116. The van der Waals surface area contributed by atoms with Crippen molar-refractivity contribution in [3.63, 3.8) is 0 Å². The van der Waals surface area contributed by atoms with E-state index in [0.717, 1.165) is 49.7 Å². The van der Waals surface area contributed by atoms with Crippen LogP contribution in [0.2, 0.25) is 5.02 Å². The number of fused-ring (bicyclic) bond motifs is 1. The largest absolute Gasteiger partial charge is 0.478 e. The Bertz CT molecular complexity index is 1370. The molecule has 0 atom stereocenters. The van der Waals surface area contributed by atoms with Gasteiger partial charge in [0.2, 0.25) is 5.88 Å². The van der Waals surface area contributed by atoms with Gasteiger partial charge >= 0.3 is 0 Å². The molecule has 1 spiro atoms. The van der Waals surface area contributed by atoms with E-state index in [4.69, 9.17) is 21.1 Å². The Morgan fingerprint density at radius 2 is 1.94 bits per heavy atom. The summed E-state index contributed by atoms with van der Waals surface area (Å²) < 4.78 is 13.2. The minimum atomic E-state index is -0.116. The van der Waals surface area contributed by atoms with Crippen LogP contribution in [0.1, 0.15) is 6.42 Å². The molecule has 2 fully saturated rings. The van der Waals surface area contributed by atoms with Crippen molar-refractivity contribution in [1.29, 1.82) is 0 Å². The van der Waals surface area contributed by atoms with Crippen LogP contribution in [0.25, 0.3) is 26.3 Å². The Morgan fingerprint density at radius 3 is 2.65 bits per heavy atom. The van der Waals surface area contributed by atoms with Crippen molar-refractivity contribution in [3.05, 3.63) is 70.4 Å². The van der Waals surface area contributed by atoms with Gasteiger partial charge in [0.25, 0.3) is 5.56 Å². The molecule has 9 heteroatoms. The number of thiophene rings is 1. The minimum Gasteiger partial charge on any atom is -0.478 e. The highest BCUT2D eigenvalue weighted by molar-refractivity contribution is 7.22. The van der Waals surface area contributed by atoms with Crippen molar-refractivity contribution in [2.24, 2.45) is 5.41 Å². The van der Waals surface area contributed by atoms with E-state index < -0.39 is 0 Å². The first-order valence-corrected chi connectivity index (χ1v) is 12.4. The molecule has 0 unspecified atom stereocenters. The molecule has 6 rings (SSSR count). The van der Waals surface area contributed by atoms with Gasteiger partial charge < -0.3 is 14.4 Å². The Kier molecular flexibility index (Phi) is 5.61. The number of benzene rings is 1. The van der Waals surface area contributed by atoms with Crippen LogP contribution < -0.4 is 10.3 Å². The molecule has 7 nitrogen and oxygen atoms in total. The fourth-order valence-electron chi connectivity index (χ4n) is 4.55. The lowest BCUT2D eigenvalue weighted by atomic mass is 9.78. The van der Waals surface area contributed by atoms with E-state index >= 15 is 0 Å². The highest BCUT2D eigenvalue weighted by atomic mass is 35.5. The van der Waals surface area contributed by atoms with Crippen LogP contribution in [-0.2, 0) is 4.74 Å². The van der Waals surface area contributed by atoms with E-state index in [2.05, 4.69) is 14.9 Å². The number of likely N-dealkylation sites (tertiary alicyclic amines) is 1. The predicted octanol–water partition coefficient (Wildman–Crippen LogP) is 4.26. The van der Waals surface area contributed by atoms with Crippen LogP contribution in [-0.4, -0.2) is 58.9 Å². The van der Waals surface area contributed by atoms with Crippen molar-refractivity contribution in [1.82, 2.24) is 19.4 Å². The number of halogens is 1. The van der Waals surface area contributed by atoms with E-state index in [0.29, 0.717) is 38.8 Å². The summed E-state index contributed by atoms with van der Waals surface area (Å²) in [6, 6.07) is 13.1. The lowest BCUT2D eigenvalue weighted by Crippen LogP contribution is -2.65. The highest BCUT2D eigenvalue weighted by Crippen LogP contribution is 2.37. The maximum Gasteiger partial charge on any atom is 0.275 e. The van der Waals surface area contributed by atoms with Gasteiger partial charge in [0.15, 0.2) is 0 Å². The standard InChI is InChI=1S/C25H23ClN4O3S/c26-18-4-2-17(3-5-18)21-10-20-23(34-21)24(31)30(16-28-20)19-6-7-22(27-11-19)33-9-1-8-29-12-25(13-29)14-32-15-25/h2-7,10-11,16H,1,8-9,12-15H2. The third-order valence-corrected chi connectivity index (χ3v) is 7.78. The Balaban J connectivity index is 1.10. The van der Waals surface area contributed by atoms with E-state index in [-0.39, 0.29) is 5.56 Å². The summed E-state index contributed by atoms with van der Waals surface area (Å²) in [6.45, 7) is 5.74. The van der Waals surface area contributed by atoms with Crippen LogP contribution in [0.15, 0.2) is 59.8 Å². The first kappa shape index (κ1) is 21.7. The number of aromatic nitrogens is 3. The summed E-state index contributed by atoms with van der Waals surface area (Å²) in [7, 11) is 0. The van der Waals surface area contributed by atoms with Crippen molar-refractivity contribution < 1.29 is 9.47 Å². The Labute approximate surface area is 205 Å². The quantitative estimate of drug-likeness (QED) is 0.357. The smallest absolute Gasteiger partial charge is 0.275 e. The molecule has 0 N–H and O–H groups in total. The van der Waals surface area contributed by atoms with Crippen LogP contribution in [0.4, 0.5) is 0 Å². The first-order valence-electron chi connectivity index (χ1n) is 11.3. The van der Waals surface area contributed by atoms with Crippen LogP contribution in [0.5, 0.6) is 5.88 Å². The van der Waals surface area contributed by atoms with Gasteiger partial charge in [-0.3, -0.25) is 9.36 Å². The van der Waals surface area contributed by atoms with E-state index in [1.54, 1.807) is 18.6 Å². The molecule has 1 aromatic carbocycles. The Hall–Kier alpha value is -2.78. The molecule has 0 amide bonds. The molecule has 2 aliphatic rings. The fourth-order valence-corrected chi connectivity index (χ4v) is 5.72. The molecular formula is C25H23ClN4O3S. The third-order valence-electron chi connectivity index (χ3n) is 6.37. The number of rotatable bonds is 7. The summed E-state index contributed by atoms with van der Waals surface area (Å²) in [5.41, 5.74) is 2.68. The summed E-state index contributed by atoms with van der Waals surface area (Å²) in [6.07, 6.45) is 4.15. The molecular weight excluding hydrogens is 472 g/mol. The number of pyridine rings is 1. The molecule has 4 aromatic rings. The molecule has 5 heterocycles. The second-order valence-electron chi connectivity index (χ2n) is 9.01. The second kappa shape index (κ2) is 8.78. The molecule has 0 radical (unpaired) electrons. The monoisotopic (exact) mass is 494 g/mol. The molecule has 0 aliphatic carbocycles.